The van der Waals surface area contributed by atoms with Gasteiger partial charge in [-0.1, -0.05) is 17.2 Å². The Balaban J connectivity index is 1.62. The highest BCUT2D eigenvalue weighted by Gasteiger charge is 2.39. The minimum atomic E-state index is -0.935. The maximum Gasteiger partial charge on any atom is 0.399 e. The van der Waals surface area contributed by atoms with Crippen molar-refractivity contribution in [2.45, 2.75) is 0 Å². The second-order valence-electron chi connectivity index (χ2n) is 4.85. The molecule has 0 atom stereocenters. The number of hydroxylamine groups is 2. The van der Waals surface area contributed by atoms with E-state index in [4.69, 9.17) is 9.25 Å². The van der Waals surface area contributed by atoms with Gasteiger partial charge < -0.3 is 9.25 Å². The summed E-state index contributed by atoms with van der Waals surface area (Å²) in [7, 11) is 0. The molecule has 1 aliphatic rings. The Morgan fingerprint density at radius 1 is 1.09 bits per heavy atom. The molecular formula is C16H8N2O5. The summed E-state index contributed by atoms with van der Waals surface area (Å²) in [6, 6.07) is 9.27. The first kappa shape index (κ1) is 13.2. The second-order valence-corrected chi connectivity index (χ2v) is 4.85. The quantitative estimate of drug-likeness (QED) is 0.674. The first-order chi connectivity index (χ1) is 11.1. The van der Waals surface area contributed by atoms with Crippen LogP contribution in [0.1, 0.15) is 31.3 Å². The number of fused-ring (bicyclic) bond motifs is 2. The highest BCUT2D eigenvalue weighted by atomic mass is 16.7. The predicted octanol–water partition coefficient (Wildman–Crippen LogP) is 2.20. The van der Waals surface area contributed by atoms with Crippen LogP contribution in [0.3, 0.4) is 0 Å². The van der Waals surface area contributed by atoms with Crippen LogP contribution in [0, 0.1) is 0 Å². The zero-order valence-corrected chi connectivity index (χ0v) is 11.6. The van der Waals surface area contributed by atoms with Gasteiger partial charge in [0.05, 0.1) is 11.1 Å². The fourth-order valence-corrected chi connectivity index (χ4v) is 2.36. The van der Waals surface area contributed by atoms with Gasteiger partial charge >= 0.3 is 5.97 Å². The van der Waals surface area contributed by atoms with Crippen LogP contribution in [0.5, 0.6) is 0 Å². The minimum Gasteiger partial charge on any atom is -0.449 e. The molecule has 0 saturated carbocycles. The molecule has 0 spiro atoms. The monoisotopic (exact) mass is 308 g/mol. The molecule has 0 radical (unpaired) electrons. The van der Waals surface area contributed by atoms with Crippen molar-refractivity contribution in [3.8, 4) is 0 Å². The second kappa shape index (κ2) is 4.77. The van der Waals surface area contributed by atoms with Gasteiger partial charge in [0, 0.05) is 23.8 Å². The highest BCUT2D eigenvalue weighted by molar-refractivity contribution is 6.21. The van der Waals surface area contributed by atoms with Gasteiger partial charge in [-0.3, -0.25) is 14.6 Å². The number of furan rings is 1. The molecule has 0 unspecified atom stereocenters. The number of rotatable bonds is 2. The lowest BCUT2D eigenvalue weighted by Crippen LogP contribution is -2.32. The lowest BCUT2D eigenvalue weighted by atomic mass is 10.1. The maximum atomic E-state index is 12.1. The summed E-state index contributed by atoms with van der Waals surface area (Å²) in [6.45, 7) is 0. The van der Waals surface area contributed by atoms with Gasteiger partial charge in [-0.25, -0.2) is 4.79 Å². The summed E-state index contributed by atoms with van der Waals surface area (Å²) in [5.74, 6) is -2.42. The van der Waals surface area contributed by atoms with Crippen LogP contribution in [-0.2, 0) is 4.84 Å². The lowest BCUT2D eigenvalue weighted by Gasteiger charge is -2.11. The van der Waals surface area contributed by atoms with Crippen LogP contribution in [0.2, 0.25) is 0 Å². The van der Waals surface area contributed by atoms with E-state index in [9.17, 15) is 14.4 Å². The maximum absolute atomic E-state index is 12.1. The number of carbonyl (C=O) groups is 3. The number of nitrogens with zero attached hydrogens (tertiary/aromatic N) is 2. The first-order valence-corrected chi connectivity index (χ1v) is 6.69. The normalized spacial score (nSPS) is 13.5. The van der Waals surface area contributed by atoms with E-state index in [0.29, 0.717) is 16.0 Å². The summed E-state index contributed by atoms with van der Waals surface area (Å²) in [5.41, 5.74) is 0.840. The molecule has 7 heteroatoms. The van der Waals surface area contributed by atoms with E-state index in [2.05, 4.69) is 4.98 Å². The molecule has 0 saturated heterocycles. The molecule has 3 aromatic rings. The van der Waals surface area contributed by atoms with E-state index in [-0.39, 0.29) is 16.9 Å². The molecule has 1 aliphatic heterocycles. The van der Waals surface area contributed by atoms with Crippen molar-refractivity contribution >= 4 is 28.8 Å². The Kier molecular flexibility index (Phi) is 2.74. The van der Waals surface area contributed by atoms with Crippen LogP contribution in [0.25, 0.3) is 11.0 Å². The number of imide groups is 1. The van der Waals surface area contributed by atoms with Gasteiger partial charge in [-0.15, -0.1) is 0 Å². The van der Waals surface area contributed by atoms with Gasteiger partial charge in [0.2, 0.25) is 5.76 Å². The molecule has 0 bridgehead atoms. The molecule has 2 amide bonds. The first-order valence-electron chi connectivity index (χ1n) is 6.69. The Morgan fingerprint density at radius 3 is 2.43 bits per heavy atom. The lowest BCUT2D eigenvalue weighted by molar-refractivity contribution is -0.0602. The number of amides is 2. The number of hydrogen-bond acceptors (Lipinski definition) is 6. The molecule has 0 N–H and O–H groups in total. The number of hydrogen-bond donors (Lipinski definition) is 0. The summed E-state index contributed by atoms with van der Waals surface area (Å²) in [6.07, 6.45) is 3.04. The molecule has 7 nitrogen and oxygen atoms in total. The van der Waals surface area contributed by atoms with Crippen LogP contribution >= 0.6 is 0 Å². The molecule has 1 aromatic carbocycles. The third-order valence-corrected chi connectivity index (χ3v) is 3.45. The molecule has 0 fully saturated rings. The van der Waals surface area contributed by atoms with Gasteiger partial charge in [0.25, 0.3) is 11.8 Å². The molecule has 3 heterocycles. The summed E-state index contributed by atoms with van der Waals surface area (Å²) < 4.78 is 5.32. The third-order valence-electron chi connectivity index (χ3n) is 3.45. The van der Waals surface area contributed by atoms with Crippen LogP contribution in [0.4, 0.5) is 0 Å². The largest absolute Gasteiger partial charge is 0.449 e. The average Bonchev–Trinajstić information content (AvgIpc) is 3.11. The smallest absolute Gasteiger partial charge is 0.399 e. The van der Waals surface area contributed by atoms with Crippen molar-refractivity contribution in [2.24, 2.45) is 0 Å². The number of carbonyl (C=O) groups excluding carboxylic acids is 3. The van der Waals surface area contributed by atoms with E-state index in [0.717, 1.165) is 0 Å². The van der Waals surface area contributed by atoms with Crippen molar-refractivity contribution in [3.05, 3.63) is 65.7 Å². The summed E-state index contributed by atoms with van der Waals surface area (Å²) in [5, 5.41) is 1.06. The van der Waals surface area contributed by atoms with E-state index < -0.39 is 17.8 Å². The van der Waals surface area contributed by atoms with Crippen molar-refractivity contribution < 1.29 is 23.6 Å². The van der Waals surface area contributed by atoms with Crippen LogP contribution in [0.15, 0.2) is 53.2 Å². The Labute approximate surface area is 129 Å². The molecule has 0 aliphatic carbocycles. The topological polar surface area (TPSA) is 89.7 Å². The van der Waals surface area contributed by atoms with Crippen molar-refractivity contribution in [3.63, 3.8) is 0 Å². The SMILES string of the molecule is O=C(ON1C(=O)c2ccccc2C1=O)c1cc2cnccc2o1. The molecule has 23 heavy (non-hydrogen) atoms. The van der Waals surface area contributed by atoms with Gasteiger partial charge in [-0.2, -0.15) is 0 Å². The average molecular weight is 308 g/mol. The number of benzene rings is 1. The fraction of sp³-hybridized carbons (Fsp3) is 0. The standard InChI is InChI=1S/C16H8N2O5/c19-14-10-3-1-2-4-11(10)15(20)18(14)23-16(21)13-7-9-8-17-6-5-12(9)22-13/h1-8H. The van der Waals surface area contributed by atoms with Crippen molar-refractivity contribution in [1.29, 1.82) is 0 Å². The van der Waals surface area contributed by atoms with E-state index in [1.165, 1.54) is 30.6 Å². The van der Waals surface area contributed by atoms with E-state index >= 15 is 0 Å². The van der Waals surface area contributed by atoms with Crippen molar-refractivity contribution in [1.82, 2.24) is 10.0 Å². The summed E-state index contributed by atoms with van der Waals surface area (Å²) in [4.78, 5) is 45.2. The number of aromatic nitrogens is 1. The van der Waals surface area contributed by atoms with Gasteiger partial charge in [0.15, 0.2) is 0 Å². The molecule has 2 aromatic heterocycles. The molecular weight excluding hydrogens is 300 g/mol. The Bertz CT molecular complexity index is 907. The number of pyridine rings is 1. The van der Waals surface area contributed by atoms with Crippen molar-refractivity contribution in [2.75, 3.05) is 0 Å². The fourth-order valence-electron chi connectivity index (χ4n) is 2.36. The van der Waals surface area contributed by atoms with Crippen LogP contribution in [-0.4, -0.2) is 27.8 Å². The summed E-state index contributed by atoms with van der Waals surface area (Å²) >= 11 is 0. The molecule has 4 rings (SSSR count). The van der Waals surface area contributed by atoms with Gasteiger partial charge in [0.1, 0.15) is 5.58 Å². The van der Waals surface area contributed by atoms with Gasteiger partial charge in [-0.05, 0) is 18.2 Å². The highest BCUT2D eigenvalue weighted by Crippen LogP contribution is 2.24. The van der Waals surface area contributed by atoms with E-state index in [1.54, 1.807) is 18.2 Å². The van der Waals surface area contributed by atoms with E-state index in [1.807, 2.05) is 0 Å². The molecule has 112 valence electrons. The third kappa shape index (κ3) is 1.98. The zero-order valence-electron chi connectivity index (χ0n) is 11.6. The Morgan fingerprint density at radius 2 is 1.78 bits per heavy atom. The minimum absolute atomic E-state index is 0.121. The Hall–Kier alpha value is -3.48. The zero-order chi connectivity index (χ0) is 16.0. The van der Waals surface area contributed by atoms with Crippen LogP contribution < -0.4 is 0 Å². The predicted molar refractivity (Wildman–Crippen MR) is 76.4 cm³/mol.